The number of β-lactam (4-membered cyclic amide) rings is 1. The Morgan fingerprint density at radius 2 is 1.20 bits per heavy atom. The lowest BCUT2D eigenvalue weighted by molar-refractivity contribution is -0.166. The summed E-state index contributed by atoms with van der Waals surface area (Å²) in [5.41, 5.74) is -0.171. The number of halogens is 1. The van der Waals surface area contributed by atoms with Gasteiger partial charge in [0.2, 0.25) is 29.5 Å². The van der Waals surface area contributed by atoms with E-state index < -0.39 is 89.0 Å². The zero-order chi connectivity index (χ0) is 53.9. The molecule has 0 spiro atoms. The third-order valence-electron chi connectivity index (χ3n) is 12.3. The van der Waals surface area contributed by atoms with Gasteiger partial charge in [0.05, 0.1) is 17.2 Å². The van der Waals surface area contributed by atoms with E-state index in [0.717, 1.165) is 4.90 Å². The molecule has 3 aromatic rings. The second-order valence-corrected chi connectivity index (χ2v) is 18.0. The van der Waals surface area contributed by atoms with Crippen molar-refractivity contribution in [3.63, 3.8) is 0 Å². The van der Waals surface area contributed by atoms with E-state index in [-0.39, 0.29) is 98.6 Å². The third kappa shape index (κ3) is 15.8. The maximum atomic E-state index is 13.5. The first-order valence-electron chi connectivity index (χ1n) is 24.1. The molecule has 2 aliphatic heterocycles. The Hall–Kier alpha value is -7.92. The molecule has 2 heterocycles. The first kappa shape index (κ1) is 57.0. The van der Waals surface area contributed by atoms with Crippen molar-refractivity contribution in [2.45, 2.75) is 95.2 Å². The number of allylic oxidation sites excluding steroid dienone is 1. The molecule has 398 valence electrons. The number of unbranched alkanes of at least 4 members (excludes halogenated alkanes) is 3. The van der Waals surface area contributed by atoms with Gasteiger partial charge in [0.15, 0.2) is 23.0 Å². The van der Waals surface area contributed by atoms with Gasteiger partial charge in [0.1, 0.15) is 17.8 Å². The summed E-state index contributed by atoms with van der Waals surface area (Å²) in [5, 5.41) is 73.1. The summed E-state index contributed by atoms with van der Waals surface area (Å²) in [6.07, 6.45) is 1.98. The zero-order valence-electron chi connectivity index (χ0n) is 40.4. The lowest BCUT2D eigenvalue weighted by atomic mass is 9.86. The van der Waals surface area contributed by atoms with Crippen molar-refractivity contribution in [1.82, 2.24) is 41.4 Å². The highest BCUT2D eigenvalue weighted by Crippen LogP contribution is 2.38. The zero-order valence-corrected chi connectivity index (χ0v) is 41.1. The van der Waals surface area contributed by atoms with Gasteiger partial charge in [-0.3, -0.25) is 48.5 Å². The van der Waals surface area contributed by atoms with Crippen LogP contribution in [0.1, 0.15) is 109 Å². The van der Waals surface area contributed by atoms with Crippen LogP contribution in [0, 0.1) is 0 Å². The molecule has 0 saturated carbocycles. The summed E-state index contributed by atoms with van der Waals surface area (Å²) < 4.78 is 0. The van der Waals surface area contributed by atoms with Gasteiger partial charge in [-0.1, -0.05) is 54.1 Å². The molecule has 5 rings (SSSR count). The molecule has 1 saturated heterocycles. The minimum Gasteiger partial charge on any atom is -0.504 e. The van der Waals surface area contributed by atoms with E-state index in [4.69, 9.17) is 11.6 Å². The summed E-state index contributed by atoms with van der Waals surface area (Å²) in [6, 6.07) is 13.2. The van der Waals surface area contributed by atoms with Crippen molar-refractivity contribution in [3.8, 4) is 23.0 Å². The molecule has 24 heteroatoms. The minimum atomic E-state index is -1.36. The molecule has 3 aromatic carbocycles. The Morgan fingerprint density at radius 1 is 0.649 bits per heavy atom. The van der Waals surface area contributed by atoms with Crippen molar-refractivity contribution >= 4 is 64.8 Å². The van der Waals surface area contributed by atoms with Crippen LogP contribution in [0.3, 0.4) is 0 Å². The van der Waals surface area contributed by atoms with Crippen LogP contribution in [-0.2, 0) is 33.6 Å². The Labute approximate surface area is 430 Å². The minimum absolute atomic E-state index is 0.0331. The van der Waals surface area contributed by atoms with Crippen molar-refractivity contribution < 1.29 is 73.9 Å². The molecule has 1 fully saturated rings. The normalized spacial score (nSPS) is 15.2. The third-order valence-corrected chi connectivity index (χ3v) is 12.6. The number of aromatic hydroxyl groups is 4. The number of carbonyl (C=O) groups excluding carboxylic acids is 8. The van der Waals surface area contributed by atoms with Crippen LogP contribution in [0.2, 0.25) is 0 Å². The van der Waals surface area contributed by atoms with Crippen LogP contribution >= 0.6 is 11.6 Å². The topological polar surface area (TPSA) is 345 Å². The van der Waals surface area contributed by atoms with Crippen LogP contribution in [-0.4, -0.2) is 150 Å². The number of amides is 8. The van der Waals surface area contributed by atoms with Gasteiger partial charge in [-0.25, -0.2) is 9.86 Å². The highest BCUT2D eigenvalue weighted by molar-refractivity contribution is 6.32. The van der Waals surface area contributed by atoms with Crippen molar-refractivity contribution in [2.24, 2.45) is 0 Å². The number of hydrogen-bond acceptors (Lipinski definition) is 14. The lowest BCUT2D eigenvalue weighted by Crippen LogP contribution is -2.72. The van der Waals surface area contributed by atoms with Crippen LogP contribution in [0.5, 0.6) is 23.0 Å². The Morgan fingerprint density at radius 3 is 1.84 bits per heavy atom. The van der Waals surface area contributed by atoms with Gasteiger partial charge >= 0.3 is 5.97 Å². The molecular weight excluding hydrogens is 988 g/mol. The molecule has 23 nitrogen and oxygen atoms in total. The predicted molar refractivity (Wildman–Crippen MR) is 263 cm³/mol. The maximum Gasteiger partial charge on any atom is 0.353 e. The van der Waals surface area contributed by atoms with Gasteiger partial charge < -0.3 is 57.0 Å². The lowest BCUT2D eigenvalue weighted by Gasteiger charge is -2.49. The van der Waals surface area contributed by atoms with Gasteiger partial charge in [0, 0.05) is 70.0 Å². The molecule has 0 radical (unpaired) electrons. The summed E-state index contributed by atoms with van der Waals surface area (Å²) >= 11 is 6.07. The molecule has 3 atom stereocenters. The number of rotatable bonds is 28. The van der Waals surface area contributed by atoms with E-state index >= 15 is 0 Å². The number of carboxylic acid groups (broad SMARTS) is 1. The quantitative estimate of drug-likeness (QED) is 0.0164. The number of nitrogens with one attached hydrogen (secondary N) is 5. The molecule has 0 bridgehead atoms. The van der Waals surface area contributed by atoms with Crippen LogP contribution in [0.15, 0.2) is 77.5 Å². The number of carbonyl (C=O) groups is 9. The van der Waals surface area contributed by atoms with Gasteiger partial charge in [-0.15, -0.1) is 0 Å². The van der Waals surface area contributed by atoms with E-state index in [0.29, 0.717) is 55.6 Å². The van der Waals surface area contributed by atoms with E-state index in [9.17, 15) is 73.9 Å². The Balaban J connectivity index is 0.989. The van der Waals surface area contributed by atoms with E-state index in [2.05, 4.69) is 26.6 Å². The van der Waals surface area contributed by atoms with E-state index in [1.165, 1.54) is 41.3 Å². The van der Waals surface area contributed by atoms with Crippen molar-refractivity contribution in [3.05, 3.63) is 94.1 Å². The summed E-state index contributed by atoms with van der Waals surface area (Å²) in [4.78, 5) is 118. The smallest absolute Gasteiger partial charge is 0.353 e. The van der Waals surface area contributed by atoms with Crippen LogP contribution in [0.4, 0.5) is 0 Å². The highest BCUT2D eigenvalue weighted by Gasteiger charge is 2.53. The first-order valence-corrected chi connectivity index (χ1v) is 24.5. The van der Waals surface area contributed by atoms with Gasteiger partial charge in [-0.2, -0.15) is 0 Å². The number of carboxylic acids is 1. The van der Waals surface area contributed by atoms with Crippen LogP contribution in [0.25, 0.3) is 0 Å². The van der Waals surface area contributed by atoms with E-state index in [1.807, 2.05) is 0 Å². The number of phenols is 4. The second kappa shape index (κ2) is 27.8. The predicted octanol–water partition coefficient (Wildman–Crippen LogP) is 2.61. The average molecular weight is 1050 g/mol. The molecule has 11 N–H and O–H groups in total. The first-order chi connectivity index (χ1) is 35.4. The molecule has 0 aliphatic carbocycles. The molecular formula is C50H61ClN8O15. The number of fused-ring (bicyclic) bond motifs is 1. The Bertz CT molecular complexity index is 2580. The number of hydroxylamine groups is 2. The molecule has 2 aliphatic rings. The highest BCUT2D eigenvalue weighted by atomic mass is 35.5. The maximum absolute atomic E-state index is 13.5. The number of hydrogen-bond donors (Lipinski definition) is 11. The number of nitrogens with zero attached hydrogens (tertiary/aromatic N) is 3. The molecule has 0 aromatic heterocycles. The number of aliphatic carboxylic acids is 1. The fourth-order valence-corrected chi connectivity index (χ4v) is 8.53. The summed E-state index contributed by atoms with van der Waals surface area (Å²) in [7, 11) is 0. The second-order valence-electron chi connectivity index (χ2n) is 17.5. The van der Waals surface area contributed by atoms with Gasteiger partial charge in [-0.05, 0) is 81.2 Å². The van der Waals surface area contributed by atoms with E-state index in [1.54, 1.807) is 30.3 Å². The van der Waals surface area contributed by atoms with Gasteiger partial charge in [0.25, 0.3) is 17.7 Å². The fourth-order valence-electron chi connectivity index (χ4n) is 8.25. The monoisotopic (exact) mass is 1050 g/mol. The average Bonchev–Trinajstić information content (AvgIpc) is 3.38. The van der Waals surface area contributed by atoms with Crippen molar-refractivity contribution in [2.75, 3.05) is 39.3 Å². The number of phenolic OH excluding ortho intramolecular Hbond substituents is 4. The standard InChI is InChI=1S/C50H61ClN8O15/c51-33-18-19-34-42(49(71)59(34)43(33)50(72)73)56-48(70)41(30-12-3-1-4-13-30)55-38(63)21-23-40(65)58(74)29-7-2-5-24-52-37(62)20-22-39(64)57(28-11-26-54-47(69)32-15-10-17-36(61)45(32)67)27-8-6-25-53-46(68)31-14-9-16-35(60)44(31)66/h1,3-4,9-10,12-17,34,41-42,60-61,66-67,74H,2,5-8,11,18-29H2,(H,52,62)(H,53,68)(H,54,69)(H,55,63)(H,56,70)(H,72,73)/t34?,41-,42?/m1/s1. The fraction of sp³-hybridized carbons (Fsp3) is 0.420. The number of para-hydroxylation sites is 2. The largest absolute Gasteiger partial charge is 0.504 e. The molecule has 74 heavy (non-hydrogen) atoms. The SMILES string of the molecule is O=C(CCC(=O)N(CCCCNC(=O)c1cccc(O)c1O)CCCNC(=O)c1cccc(O)c1O)NCCCCCN(O)C(=O)CCC(=O)N[C@@H](C(=O)NC1C(=O)N2C(C(=O)O)=C(Cl)CCC12)c1ccccc1. The Kier molecular flexibility index (Phi) is 21.4. The molecule has 2 unspecified atom stereocenters. The van der Waals surface area contributed by atoms with Crippen LogP contribution < -0.4 is 26.6 Å². The van der Waals surface area contributed by atoms with Crippen molar-refractivity contribution in [1.29, 1.82) is 0 Å². The summed E-state index contributed by atoms with van der Waals surface area (Å²) in [6.45, 7) is 0.926. The summed E-state index contributed by atoms with van der Waals surface area (Å²) in [5.74, 6) is -8.13. The molecule has 8 amide bonds. The number of benzene rings is 3.